The van der Waals surface area contributed by atoms with E-state index >= 15 is 0 Å². The number of alkyl halides is 3. The molecule has 0 saturated carbocycles. The van der Waals surface area contributed by atoms with Crippen LogP contribution >= 0.6 is 0 Å². The van der Waals surface area contributed by atoms with Crippen LogP contribution in [0.5, 0.6) is 5.75 Å². The first kappa shape index (κ1) is 27.2. The van der Waals surface area contributed by atoms with Crippen LogP contribution in [-0.2, 0) is 27.4 Å². The third-order valence-electron chi connectivity index (χ3n) is 5.53. The lowest BCUT2D eigenvalue weighted by Gasteiger charge is -2.21. The fraction of sp³-hybridized carbons (Fsp3) is 0.269. The molecule has 36 heavy (non-hydrogen) atoms. The molecule has 2 N–H and O–H groups in total. The van der Waals surface area contributed by atoms with Gasteiger partial charge in [0, 0.05) is 0 Å². The zero-order chi connectivity index (χ0) is 26.5. The molecular formula is C26H27F3N2O4S. The largest absolute Gasteiger partial charge is 0.495 e. The van der Waals surface area contributed by atoms with Crippen LogP contribution in [0.4, 0.5) is 18.9 Å². The van der Waals surface area contributed by atoms with Crippen molar-refractivity contribution in [2.45, 2.75) is 43.3 Å². The quantitative estimate of drug-likeness (QED) is 0.398. The average Bonchev–Trinajstić information content (AvgIpc) is 2.83. The van der Waals surface area contributed by atoms with Crippen LogP contribution in [0.1, 0.15) is 36.5 Å². The lowest BCUT2D eigenvalue weighted by molar-refractivity contribution is -0.137. The van der Waals surface area contributed by atoms with Gasteiger partial charge in [-0.05, 0) is 47.7 Å². The van der Waals surface area contributed by atoms with Gasteiger partial charge < -0.3 is 10.1 Å². The lowest BCUT2D eigenvalue weighted by atomic mass is 10.0. The molecule has 1 amide bonds. The highest BCUT2D eigenvalue weighted by molar-refractivity contribution is 7.89. The second-order valence-corrected chi connectivity index (χ2v) is 10.1. The van der Waals surface area contributed by atoms with Crippen molar-refractivity contribution >= 4 is 21.6 Å². The molecule has 0 aromatic heterocycles. The van der Waals surface area contributed by atoms with Crippen molar-refractivity contribution in [3.05, 3.63) is 89.5 Å². The molecule has 0 aliphatic rings. The van der Waals surface area contributed by atoms with E-state index < -0.39 is 39.4 Å². The molecule has 0 bridgehead atoms. The Kier molecular flexibility index (Phi) is 8.42. The Balaban J connectivity index is 1.99. The van der Waals surface area contributed by atoms with Gasteiger partial charge in [0.2, 0.25) is 15.9 Å². The minimum absolute atomic E-state index is 0.0205. The second kappa shape index (κ2) is 11.1. The first-order valence-corrected chi connectivity index (χ1v) is 12.6. The molecule has 0 aliphatic heterocycles. The van der Waals surface area contributed by atoms with Crippen molar-refractivity contribution < 1.29 is 31.1 Å². The summed E-state index contributed by atoms with van der Waals surface area (Å²) >= 11 is 0. The number of carbonyl (C=O) groups excluding carboxylic acids is 1. The normalized spacial score (nSPS) is 12.9. The molecule has 0 heterocycles. The number of carbonyl (C=O) groups is 1. The number of hydrogen-bond donors (Lipinski definition) is 2. The van der Waals surface area contributed by atoms with E-state index in [9.17, 15) is 26.4 Å². The number of amides is 1. The highest BCUT2D eigenvalue weighted by Crippen LogP contribution is 2.35. The van der Waals surface area contributed by atoms with Gasteiger partial charge in [0.25, 0.3) is 0 Å². The Labute approximate surface area is 208 Å². The van der Waals surface area contributed by atoms with E-state index in [0.717, 1.165) is 17.7 Å². The number of benzene rings is 3. The number of methoxy groups -OCH3 is 1. The minimum Gasteiger partial charge on any atom is -0.495 e. The number of ether oxygens (including phenoxy) is 1. The molecule has 0 aliphatic carbocycles. The summed E-state index contributed by atoms with van der Waals surface area (Å²) < 4.78 is 74.8. The Bertz CT molecular complexity index is 1310. The molecule has 3 aromatic rings. The molecule has 6 nitrogen and oxygen atoms in total. The molecule has 0 radical (unpaired) electrons. The summed E-state index contributed by atoms with van der Waals surface area (Å²) in [6, 6.07) is 16.4. The SMILES string of the molecule is COc1ccc(C(C)C)cc1S(=O)(=O)NC(Cc1ccccc1)C(=O)Nc1ccccc1C(F)(F)F. The summed E-state index contributed by atoms with van der Waals surface area (Å²) in [7, 11) is -2.99. The van der Waals surface area contributed by atoms with Crippen LogP contribution in [0, 0.1) is 0 Å². The summed E-state index contributed by atoms with van der Waals surface area (Å²) in [5, 5.41) is 2.25. The molecule has 3 rings (SSSR count). The minimum atomic E-state index is -4.71. The third kappa shape index (κ3) is 6.64. The summed E-state index contributed by atoms with van der Waals surface area (Å²) in [6.45, 7) is 3.80. The smallest absolute Gasteiger partial charge is 0.418 e. The van der Waals surface area contributed by atoms with Crippen molar-refractivity contribution in [1.29, 1.82) is 0 Å². The van der Waals surface area contributed by atoms with Gasteiger partial charge in [-0.15, -0.1) is 0 Å². The predicted octanol–water partition coefficient (Wildman–Crippen LogP) is 5.37. The zero-order valence-corrected chi connectivity index (χ0v) is 20.8. The van der Waals surface area contributed by atoms with E-state index in [-0.39, 0.29) is 23.0 Å². The summed E-state index contributed by atoms with van der Waals surface area (Å²) in [5.74, 6) is -0.835. The standard InChI is InChI=1S/C26H27F3N2O4S/c1-17(2)19-13-14-23(35-3)24(16-19)36(33,34)31-22(15-18-9-5-4-6-10-18)25(32)30-21-12-8-7-11-20(21)26(27,28)29/h4-14,16-17,22,31H,15H2,1-3H3,(H,30,32). The molecule has 0 spiro atoms. The van der Waals surface area contributed by atoms with E-state index in [0.29, 0.717) is 5.56 Å². The Hall–Kier alpha value is -3.37. The van der Waals surface area contributed by atoms with E-state index in [1.807, 2.05) is 13.8 Å². The molecule has 1 unspecified atom stereocenters. The van der Waals surface area contributed by atoms with Crippen molar-refractivity contribution in [3.63, 3.8) is 0 Å². The lowest BCUT2D eigenvalue weighted by Crippen LogP contribution is -2.45. The molecule has 10 heteroatoms. The number of hydrogen-bond acceptors (Lipinski definition) is 4. The maximum absolute atomic E-state index is 13.4. The molecule has 0 fully saturated rings. The number of nitrogens with one attached hydrogen (secondary N) is 2. The number of sulfonamides is 1. The van der Waals surface area contributed by atoms with E-state index in [1.165, 1.54) is 31.4 Å². The fourth-order valence-corrected chi connectivity index (χ4v) is 5.01. The predicted molar refractivity (Wildman–Crippen MR) is 131 cm³/mol. The van der Waals surface area contributed by atoms with Crippen LogP contribution < -0.4 is 14.8 Å². The van der Waals surface area contributed by atoms with Crippen LogP contribution in [-0.4, -0.2) is 27.5 Å². The number of rotatable bonds is 9. The highest BCUT2D eigenvalue weighted by atomic mass is 32.2. The van der Waals surface area contributed by atoms with Crippen LogP contribution in [0.3, 0.4) is 0 Å². The zero-order valence-electron chi connectivity index (χ0n) is 20.0. The molecular weight excluding hydrogens is 493 g/mol. The first-order valence-electron chi connectivity index (χ1n) is 11.1. The monoisotopic (exact) mass is 520 g/mol. The van der Waals surface area contributed by atoms with Crippen molar-refractivity contribution in [1.82, 2.24) is 4.72 Å². The number of anilines is 1. The van der Waals surface area contributed by atoms with Gasteiger partial charge in [-0.2, -0.15) is 17.9 Å². The molecule has 3 aromatic carbocycles. The van der Waals surface area contributed by atoms with Crippen LogP contribution in [0.25, 0.3) is 0 Å². The van der Waals surface area contributed by atoms with Gasteiger partial charge in [-0.25, -0.2) is 8.42 Å². The average molecular weight is 521 g/mol. The van der Waals surface area contributed by atoms with Crippen molar-refractivity contribution in [2.75, 3.05) is 12.4 Å². The van der Waals surface area contributed by atoms with Crippen LogP contribution in [0.15, 0.2) is 77.7 Å². The maximum Gasteiger partial charge on any atom is 0.418 e. The fourth-order valence-electron chi connectivity index (χ4n) is 3.61. The van der Waals surface area contributed by atoms with Gasteiger partial charge in [-0.3, -0.25) is 4.79 Å². The Morgan fingerprint density at radius 3 is 2.22 bits per heavy atom. The van der Waals surface area contributed by atoms with Gasteiger partial charge in [0.05, 0.1) is 18.4 Å². The second-order valence-electron chi connectivity index (χ2n) is 8.46. The summed E-state index contributed by atoms with van der Waals surface area (Å²) in [6.07, 6.45) is -4.80. The summed E-state index contributed by atoms with van der Waals surface area (Å²) in [4.78, 5) is 13.0. The Morgan fingerprint density at radius 1 is 0.972 bits per heavy atom. The summed E-state index contributed by atoms with van der Waals surface area (Å²) in [5.41, 5.74) is -0.149. The van der Waals surface area contributed by atoms with Gasteiger partial charge in [0.15, 0.2) is 0 Å². The van der Waals surface area contributed by atoms with Crippen LogP contribution in [0.2, 0.25) is 0 Å². The maximum atomic E-state index is 13.4. The van der Waals surface area contributed by atoms with Gasteiger partial charge in [-0.1, -0.05) is 62.4 Å². The van der Waals surface area contributed by atoms with Gasteiger partial charge >= 0.3 is 6.18 Å². The number of para-hydroxylation sites is 1. The highest BCUT2D eigenvalue weighted by Gasteiger charge is 2.35. The van der Waals surface area contributed by atoms with Crippen molar-refractivity contribution in [2.24, 2.45) is 0 Å². The first-order chi connectivity index (χ1) is 16.9. The Morgan fingerprint density at radius 2 is 1.61 bits per heavy atom. The van der Waals surface area contributed by atoms with E-state index in [1.54, 1.807) is 36.4 Å². The van der Waals surface area contributed by atoms with E-state index in [4.69, 9.17) is 4.74 Å². The van der Waals surface area contributed by atoms with Crippen molar-refractivity contribution in [3.8, 4) is 5.75 Å². The topological polar surface area (TPSA) is 84.5 Å². The third-order valence-corrected chi connectivity index (χ3v) is 7.02. The van der Waals surface area contributed by atoms with Gasteiger partial charge in [0.1, 0.15) is 16.7 Å². The molecule has 192 valence electrons. The molecule has 1 atom stereocenters. The molecule has 0 saturated heterocycles. The number of halogens is 3. The van der Waals surface area contributed by atoms with E-state index in [2.05, 4.69) is 10.0 Å².